The molecule has 4 rings (SSSR count). The molecule has 0 saturated heterocycles. The number of rotatable bonds is 0. The SMILES string of the molecule is O=C1OC(=O)c2cc3sccc3c3cccc1c23. The van der Waals surface area contributed by atoms with Crippen LogP contribution in [0, 0.1) is 0 Å². The van der Waals surface area contributed by atoms with Crippen molar-refractivity contribution in [2.75, 3.05) is 0 Å². The van der Waals surface area contributed by atoms with E-state index in [9.17, 15) is 9.59 Å². The van der Waals surface area contributed by atoms with Crippen LogP contribution in [0.1, 0.15) is 20.7 Å². The Morgan fingerprint density at radius 1 is 0.944 bits per heavy atom. The van der Waals surface area contributed by atoms with Gasteiger partial charge in [-0.15, -0.1) is 11.3 Å². The molecule has 86 valence electrons. The number of esters is 2. The van der Waals surface area contributed by atoms with E-state index in [4.69, 9.17) is 4.74 Å². The molecule has 0 atom stereocenters. The smallest absolute Gasteiger partial charge is 0.346 e. The third kappa shape index (κ3) is 1.08. The maximum absolute atomic E-state index is 11.8. The van der Waals surface area contributed by atoms with Crippen LogP contribution in [0.3, 0.4) is 0 Å². The maximum Gasteiger partial charge on any atom is 0.346 e. The van der Waals surface area contributed by atoms with Gasteiger partial charge in [0.2, 0.25) is 0 Å². The molecule has 0 radical (unpaired) electrons. The van der Waals surface area contributed by atoms with Crippen LogP contribution in [0.15, 0.2) is 35.7 Å². The lowest BCUT2D eigenvalue weighted by atomic mass is 9.95. The topological polar surface area (TPSA) is 43.4 Å². The number of carbonyl (C=O) groups excluding carboxylic acids is 2. The highest BCUT2D eigenvalue weighted by atomic mass is 32.1. The molecule has 1 aliphatic heterocycles. The maximum atomic E-state index is 11.8. The van der Waals surface area contributed by atoms with Gasteiger partial charge in [0.15, 0.2) is 0 Å². The van der Waals surface area contributed by atoms with Crippen LogP contribution in [0.25, 0.3) is 20.9 Å². The average Bonchev–Trinajstić information content (AvgIpc) is 2.83. The molecule has 4 heteroatoms. The fourth-order valence-electron chi connectivity index (χ4n) is 2.45. The fourth-order valence-corrected chi connectivity index (χ4v) is 3.29. The third-order valence-electron chi connectivity index (χ3n) is 3.22. The number of hydrogen-bond acceptors (Lipinski definition) is 4. The van der Waals surface area contributed by atoms with Gasteiger partial charge in [-0.3, -0.25) is 0 Å². The Kier molecular flexibility index (Phi) is 1.73. The van der Waals surface area contributed by atoms with E-state index in [1.165, 1.54) is 0 Å². The van der Waals surface area contributed by atoms with E-state index in [0.29, 0.717) is 16.5 Å². The van der Waals surface area contributed by atoms with Crippen molar-refractivity contribution in [3.63, 3.8) is 0 Å². The summed E-state index contributed by atoms with van der Waals surface area (Å²) >= 11 is 1.57. The summed E-state index contributed by atoms with van der Waals surface area (Å²) in [4.78, 5) is 23.5. The van der Waals surface area contributed by atoms with Crippen molar-refractivity contribution in [1.82, 2.24) is 0 Å². The normalized spacial score (nSPS) is 14.2. The van der Waals surface area contributed by atoms with Gasteiger partial charge in [0.05, 0.1) is 11.1 Å². The Labute approximate surface area is 106 Å². The van der Waals surface area contributed by atoms with Gasteiger partial charge in [0.25, 0.3) is 0 Å². The number of benzene rings is 2. The summed E-state index contributed by atoms with van der Waals surface area (Å²) in [6.45, 7) is 0. The molecular weight excluding hydrogens is 248 g/mol. The second-order valence-electron chi connectivity index (χ2n) is 4.16. The van der Waals surface area contributed by atoms with Crippen LogP contribution in [0.2, 0.25) is 0 Å². The predicted octanol–water partition coefficient (Wildman–Crippen LogP) is 3.37. The molecule has 2 heterocycles. The molecule has 1 aromatic heterocycles. The number of cyclic esters (lactones) is 2. The molecule has 3 nitrogen and oxygen atoms in total. The molecule has 18 heavy (non-hydrogen) atoms. The Morgan fingerprint density at radius 3 is 2.67 bits per heavy atom. The van der Waals surface area contributed by atoms with Crippen LogP contribution in [-0.4, -0.2) is 11.9 Å². The zero-order valence-electron chi connectivity index (χ0n) is 9.10. The van der Waals surface area contributed by atoms with Crippen LogP contribution in [-0.2, 0) is 4.74 Å². The first-order valence-electron chi connectivity index (χ1n) is 5.45. The van der Waals surface area contributed by atoms with Crippen molar-refractivity contribution in [1.29, 1.82) is 0 Å². The van der Waals surface area contributed by atoms with E-state index in [0.717, 1.165) is 15.5 Å². The Balaban J connectivity index is 2.35. The van der Waals surface area contributed by atoms with Crippen molar-refractivity contribution in [3.8, 4) is 0 Å². The van der Waals surface area contributed by atoms with E-state index >= 15 is 0 Å². The summed E-state index contributed by atoms with van der Waals surface area (Å²) in [6.07, 6.45) is 0. The molecule has 2 aromatic carbocycles. The highest BCUT2D eigenvalue weighted by molar-refractivity contribution is 7.17. The molecule has 1 aliphatic rings. The summed E-state index contributed by atoms with van der Waals surface area (Å²) in [5, 5.41) is 4.70. The summed E-state index contributed by atoms with van der Waals surface area (Å²) < 4.78 is 5.78. The Hall–Kier alpha value is -2.20. The standard InChI is InChI=1S/C14H6O3S/c15-13-9-3-1-2-8-7-4-5-18-11(7)6-10(12(8)9)14(16)17-13/h1-6H. The molecule has 0 spiro atoms. The number of thiophene rings is 1. The first-order valence-corrected chi connectivity index (χ1v) is 6.33. The fraction of sp³-hybridized carbons (Fsp3) is 0. The first-order chi connectivity index (χ1) is 8.75. The van der Waals surface area contributed by atoms with Gasteiger partial charge in [-0.05, 0) is 29.0 Å². The number of ether oxygens (including phenoxy) is 1. The minimum absolute atomic E-state index is 0.468. The second kappa shape index (κ2) is 3.17. The lowest BCUT2D eigenvalue weighted by molar-refractivity contribution is 0.0391. The van der Waals surface area contributed by atoms with Crippen molar-refractivity contribution >= 4 is 44.1 Å². The van der Waals surface area contributed by atoms with Gasteiger partial charge in [0.1, 0.15) is 0 Å². The monoisotopic (exact) mass is 254 g/mol. The van der Waals surface area contributed by atoms with Crippen molar-refractivity contribution in [3.05, 3.63) is 46.8 Å². The minimum atomic E-state index is -0.562. The predicted molar refractivity (Wildman–Crippen MR) is 69.1 cm³/mol. The lowest BCUT2D eigenvalue weighted by Crippen LogP contribution is -2.19. The molecule has 3 aromatic rings. The highest BCUT2D eigenvalue weighted by Gasteiger charge is 2.28. The van der Waals surface area contributed by atoms with Crippen LogP contribution in [0.5, 0.6) is 0 Å². The van der Waals surface area contributed by atoms with Gasteiger partial charge < -0.3 is 4.74 Å². The van der Waals surface area contributed by atoms with Gasteiger partial charge in [0, 0.05) is 15.5 Å². The molecular formula is C14H6O3S. The molecule has 0 aliphatic carbocycles. The lowest BCUT2D eigenvalue weighted by Gasteiger charge is -2.15. The zero-order chi connectivity index (χ0) is 12.3. The molecule has 0 unspecified atom stereocenters. The quantitative estimate of drug-likeness (QED) is 0.456. The van der Waals surface area contributed by atoms with Gasteiger partial charge in [-0.2, -0.15) is 0 Å². The molecule has 0 amide bonds. The van der Waals surface area contributed by atoms with Gasteiger partial charge >= 0.3 is 11.9 Å². The zero-order valence-corrected chi connectivity index (χ0v) is 9.91. The van der Waals surface area contributed by atoms with E-state index in [2.05, 4.69) is 0 Å². The molecule has 0 N–H and O–H groups in total. The second-order valence-corrected chi connectivity index (χ2v) is 5.11. The summed E-state index contributed by atoms with van der Waals surface area (Å²) in [6, 6.07) is 9.26. The van der Waals surface area contributed by atoms with Crippen molar-refractivity contribution in [2.24, 2.45) is 0 Å². The highest BCUT2D eigenvalue weighted by Crippen LogP contribution is 2.36. The Morgan fingerprint density at radius 2 is 1.78 bits per heavy atom. The van der Waals surface area contributed by atoms with Crippen LogP contribution in [0.4, 0.5) is 0 Å². The number of carbonyl (C=O) groups is 2. The van der Waals surface area contributed by atoms with E-state index in [1.54, 1.807) is 23.5 Å². The first kappa shape index (κ1) is 9.79. The number of fused-ring (bicyclic) bond motifs is 2. The van der Waals surface area contributed by atoms with Gasteiger partial charge in [-0.1, -0.05) is 12.1 Å². The van der Waals surface area contributed by atoms with E-state index < -0.39 is 11.9 Å². The molecule has 0 saturated carbocycles. The molecule has 0 fully saturated rings. The molecule has 0 bridgehead atoms. The average molecular weight is 254 g/mol. The van der Waals surface area contributed by atoms with Crippen LogP contribution >= 0.6 is 11.3 Å². The van der Waals surface area contributed by atoms with Crippen molar-refractivity contribution < 1.29 is 14.3 Å². The van der Waals surface area contributed by atoms with Gasteiger partial charge in [-0.25, -0.2) is 9.59 Å². The largest absolute Gasteiger partial charge is 0.386 e. The third-order valence-corrected chi connectivity index (χ3v) is 4.08. The Bertz CT molecular complexity index is 845. The summed E-state index contributed by atoms with van der Waals surface area (Å²) in [5.41, 5.74) is 0.949. The summed E-state index contributed by atoms with van der Waals surface area (Å²) in [5.74, 6) is -1.12. The number of hydrogen-bond donors (Lipinski definition) is 0. The van der Waals surface area contributed by atoms with Crippen LogP contribution < -0.4 is 0 Å². The minimum Gasteiger partial charge on any atom is -0.386 e. The van der Waals surface area contributed by atoms with E-state index in [1.807, 2.05) is 23.6 Å². The van der Waals surface area contributed by atoms with Crippen molar-refractivity contribution in [2.45, 2.75) is 0 Å². The van der Waals surface area contributed by atoms with E-state index in [-0.39, 0.29) is 0 Å². The summed E-state index contributed by atoms with van der Waals surface area (Å²) in [7, 11) is 0.